The van der Waals surface area contributed by atoms with Crippen LogP contribution in [0.4, 0.5) is 5.13 Å². The highest BCUT2D eigenvalue weighted by molar-refractivity contribution is 7.22. The number of carbonyl (C=O) groups is 2. The molecule has 1 unspecified atom stereocenters. The van der Waals surface area contributed by atoms with Gasteiger partial charge in [0.15, 0.2) is 28.1 Å². The van der Waals surface area contributed by atoms with Gasteiger partial charge in [0.25, 0.3) is 5.78 Å². The lowest BCUT2D eigenvalue weighted by Gasteiger charge is -2.24. The fourth-order valence-corrected chi connectivity index (χ4v) is 5.70. The molecule has 11 heteroatoms. The molecule has 2 aliphatic rings. The summed E-state index contributed by atoms with van der Waals surface area (Å²) in [6.07, 6.45) is 0. The largest absolute Gasteiger partial charge is 0.507 e. The number of thiazole rings is 1. The number of phenols is 1. The predicted octanol–water partition coefficient (Wildman–Crippen LogP) is 4.42. The fraction of sp³-hybridized carbons (Fsp3) is 0.179. The van der Waals surface area contributed by atoms with Crippen LogP contribution in [-0.4, -0.2) is 54.3 Å². The number of aliphatic hydroxyl groups is 1. The number of fused-ring (bicyclic) bond motifs is 2. The van der Waals surface area contributed by atoms with Crippen LogP contribution in [0.5, 0.6) is 28.7 Å². The summed E-state index contributed by atoms with van der Waals surface area (Å²) < 4.78 is 22.5. The lowest BCUT2D eigenvalue weighted by Crippen LogP contribution is -2.29. The average molecular weight is 547 g/mol. The van der Waals surface area contributed by atoms with E-state index in [0.717, 1.165) is 4.70 Å². The molecule has 39 heavy (non-hydrogen) atoms. The van der Waals surface area contributed by atoms with Crippen LogP contribution >= 0.6 is 11.3 Å². The highest BCUT2D eigenvalue weighted by Crippen LogP contribution is 2.46. The summed E-state index contributed by atoms with van der Waals surface area (Å²) in [6, 6.07) is 13.5. The summed E-state index contributed by atoms with van der Waals surface area (Å²) in [5, 5.41) is 21.9. The number of methoxy groups -OCH3 is 2. The average Bonchev–Trinajstić information content (AvgIpc) is 3.50. The van der Waals surface area contributed by atoms with Crippen LogP contribution < -0.4 is 23.8 Å². The number of hydrogen-bond acceptors (Lipinski definition) is 10. The molecular formula is C28H22N2O8S. The van der Waals surface area contributed by atoms with Gasteiger partial charge in [0.05, 0.1) is 36.1 Å². The minimum Gasteiger partial charge on any atom is -0.507 e. The first-order valence-electron chi connectivity index (χ1n) is 11.9. The van der Waals surface area contributed by atoms with Gasteiger partial charge in [-0.15, -0.1) is 0 Å². The van der Waals surface area contributed by atoms with Crippen molar-refractivity contribution in [3.8, 4) is 28.7 Å². The van der Waals surface area contributed by atoms with E-state index in [1.54, 1.807) is 49.6 Å². The van der Waals surface area contributed by atoms with Gasteiger partial charge in [0.1, 0.15) is 24.7 Å². The number of rotatable bonds is 5. The van der Waals surface area contributed by atoms with E-state index in [0.29, 0.717) is 41.5 Å². The number of aliphatic hydroxyl groups excluding tert-OH is 1. The van der Waals surface area contributed by atoms with Crippen molar-refractivity contribution in [1.29, 1.82) is 0 Å². The van der Waals surface area contributed by atoms with Crippen molar-refractivity contribution in [2.45, 2.75) is 6.04 Å². The number of Topliss-reactive ketones (excluding diaryl/α,β-unsaturated/α-hetero) is 1. The highest BCUT2D eigenvalue weighted by atomic mass is 32.1. The molecule has 1 atom stereocenters. The highest BCUT2D eigenvalue weighted by Gasteiger charge is 2.48. The summed E-state index contributed by atoms with van der Waals surface area (Å²) in [7, 11) is 2.95. The standard InChI is InChI=1S/C28H22N2O8S/c1-35-16-5-6-17-22(13-16)39-28(29-17)30-24(14-3-7-18(31)20(11-14)36-2)23(26(33)27(30)34)25(32)15-4-8-19-21(12-15)38-10-9-37-19/h3-8,11-13,24,31-32H,9-10H2,1-2H3/b25-23+. The number of aromatic nitrogens is 1. The second kappa shape index (κ2) is 9.52. The third-order valence-electron chi connectivity index (χ3n) is 6.57. The molecule has 198 valence electrons. The topological polar surface area (TPSA) is 128 Å². The van der Waals surface area contributed by atoms with E-state index in [4.69, 9.17) is 18.9 Å². The zero-order chi connectivity index (χ0) is 27.3. The summed E-state index contributed by atoms with van der Waals surface area (Å²) in [5.41, 5.74) is 1.19. The number of phenolic OH excluding ortho intramolecular Hbond substituents is 1. The molecule has 3 aromatic carbocycles. The van der Waals surface area contributed by atoms with E-state index >= 15 is 0 Å². The van der Waals surface area contributed by atoms with Gasteiger partial charge in [-0.1, -0.05) is 17.4 Å². The number of ketones is 1. The van der Waals surface area contributed by atoms with E-state index in [1.165, 1.54) is 35.5 Å². The predicted molar refractivity (Wildman–Crippen MR) is 143 cm³/mol. The molecule has 6 rings (SSSR count). The van der Waals surface area contributed by atoms with E-state index in [9.17, 15) is 19.8 Å². The zero-order valence-corrected chi connectivity index (χ0v) is 21.7. The molecule has 3 heterocycles. The summed E-state index contributed by atoms with van der Waals surface area (Å²) in [6.45, 7) is 0.747. The summed E-state index contributed by atoms with van der Waals surface area (Å²) >= 11 is 1.21. The van der Waals surface area contributed by atoms with Crippen LogP contribution in [-0.2, 0) is 9.59 Å². The Kier molecular flexibility index (Phi) is 5.99. The fourth-order valence-electron chi connectivity index (χ4n) is 4.68. The quantitative estimate of drug-likeness (QED) is 0.212. The van der Waals surface area contributed by atoms with Crippen molar-refractivity contribution in [3.05, 3.63) is 71.3 Å². The van der Waals surface area contributed by atoms with E-state index < -0.39 is 17.7 Å². The number of amides is 1. The molecule has 1 aromatic heterocycles. The number of benzene rings is 3. The zero-order valence-electron chi connectivity index (χ0n) is 20.8. The van der Waals surface area contributed by atoms with Crippen molar-refractivity contribution < 1.29 is 38.7 Å². The Hall–Kier alpha value is -4.77. The minimum absolute atomic E-state index is 0.114. The van der Waals surface area contributed by atoms with Crippen LogP contribution in [0.2, 0.25) is 0 Å². The maximum Gasteiger partial charge on any atom is 0.301 e. The maximum absolute atomic E-state index is 13.5. The number of carbonyl (C=O) groups excluding carboxylic acids is 2. The Balaban J connectivity index is 1.55. The van der Waals surface area contributed by atoms with Crippen molar-refractivity contribution in [2.75, 3.05) is 32.3 Å². The van der Waals surface area contributed by atoms with Gasteiger partial charge in [-0.3, -0.25) is 14.5 Å². The maximum atomic E-state index is 13.5. The molecule has 0 bridgehead atoms. The van der Waals surface area contributed by atoms with Crippen molar-refractivity contribution >= 4 is 44.1 Å². The normalized spacial score (nSPS) is 18.0. The number of aromatic hydroxyl groups is 1. The molecule has 0 radical (unpaired) electrons. The Morgan fingerprint density at radius 3 is 2.56 bits per heavy atom. The van der Waals surface area contributed by atoms with Gasteiger partial charge < -0.3 is 29.2 Å². The molecule has 2 aliphatic heterocycles. The first-order chi connectivity index (χ1) is 18.9. The second-order valence-corrected chi connectivity index (χ2v) is 9.80. The van der Waals surface area contributed by atoms with Gasteiger partial charge in [-0.05, 0) is 54.1 Å². The van der Waals surface area contributed by atoms with Crippen molar-refractivity contribution in [1.82, 2.24) is 4.98 Å². The third kappa shape index (κ3) is 4.07. The Bertz CT molecular complexity index is 1680. The van der Waals surface area contributed by atoms with Gasteiger partial charge in [-0.2, -0.15) is 0 Å². The lowest BCUT2D eigenvalue weighted by molar-refractivity contribution is -0.132. The Morgan fingerprint density at radius 1 is 1.00 bits per heavy atom. The molecule has 4 aromatic rings. The van der Waals surface area contributed by atoms with Gasteiger partial charge in [0.2, 0.25) is 0 Å². The molecule has 1 saturated heterocycles. The molecule has 10 nitrogen and oxygen atoms in total. The monoisotopic (exact) mass is 546 g/mol. The Morgan fingerprint density at radius 2 is 1.79 bits per heavy atom. The van der Waals surface area contributed by atoms with Crippen LogP contribution in [0.3, 0.4) is 0 Å². The molecule has 0 aliphatic carbocycles. The SMILES string of the molecule is COc1ccc2nc(N3C(=O)C(=O)/C(=C(/O)c4ccc5c(c4)OCCO5)C3c3ccc(O)c(OC)c3)sc2c1. The van der Waals surface area contributed by atoms with E-state index in [2.05, 4.69) is 4.98 Å². The van der Waals surface area contributed by atoms with Gasteiger partial charge in [-0.25, -0.2) is 4.98 Å². The van der Waals surface area contributed by atoms with Gasteiger partial charge in [0, 0.05) is 5.56 Å². The first kappa shape index (κ1) is 24.6. The van der Waals surface area contributed by atoms with Gasteiger partial charge >= 0.3 is 5.91 Å². The summed E-state index contributed by atoms with van der Waals surface area (Å²) in [4.78, 5) is 32.9. The molecule has 0 spiro atoms. The second-order valence-electron chi connectivity index (χ2n) is 8.79. The van der Waals surface area contributed by atoms with Crippen LogP contribution in [0.15, 0.2) is 60.2 Å². The summed E-state index contributed by atoms with van der Waals surface area (Å²) in [5.74, 6) is -0.520. The number of hydrogen-bond donors (Lipinski definition) is 2. The molecular weight excluding hydrogens is 524 g/mol. The molecule has 0 saturated carbocycles. The van der Waals surface area contributed by atoms with Crippen LogP contribution in [0, 0.1) is 0 Å². The molecule has 1 amide bonds. The first-order valence-corrected chi connectivity index (χ1v) is 12.7. The van der Waals surface area contributed by atoms with E-state index in [1.807, 2.05) is 0 Å². The number of nitrogens with zero attached hydrogens (tertiary/aromatic N) is 2. The smallest absolute Gasteiger partial charge is 0.301 e. The van der Waals surface area contributed by atoms with Crippen LogP contribution in [0.25, 0.3) is 16.0 Å². The third-order valence-corrected chi connectivity index (χ3v) is 7.59. The van der Waals surface area contributed by atoms with Crippen molar-refractivity contribution in [2.24, 2.45) is 0 Å². The minimum atomic E-state index is -1.06. The van der Waals surface area contributed by atoms with E-state index in [-0.39, 0.29) is 33.5 Å². The number of anilines is 1. The lowest BCUT2D eigenvalue weighted by atomic mass is 9.95. The van der Waals surface area contributed by atoms with Crippen molar-refractivity contribution in [3.63, 3.8) is 0 Å². The Labute approximate surface area is 226 Å². The van der Waals surface area contributed by atoms with Crippen LogP contribution in [0.1, 0.15) is 17.2 Å². The molecule has 1 fully saturated rings. The number of ether oxygens (including phenoxy) is 4. The molecule has 2 N–H and O–H groups in total.